The van der Waals surface area contributed by atoms with Crippen LogP contribution in [0.2, 0.25) is 0 Å². The average molecular weight is 295 g/mol. The number of hydrogen-bond acceptors (Lipinski definition) is 5. The van der Waals surface area contributed by atoms with Crippen molar-refractivity contribution in [2.24, 2.45) is 0 Å². The van der Waals surface area contributed by atoms with Crippen molar-refractivity contribution >= 4 is 32.4 Å². The maximum atomic E-state index is 11.7. The lowest BCUT2D eigenvalue weighted by Crippen LogP contribution is -2.04. The number of phenols is 1. The molecular formula is C13H13NO5S. The highest BCUT2D eigenvalue weighted by Crippen LogP contribution is 2.35. The summed E-state index contributed by atoms with van der Waals surface area (Å²) >= 11 is 0. The van der Waals surface area contributed by atoms with Gasteiger partial charge in [-0.05, 0) is 17.5 Å². The summed E-state index contributed by atoms with van der Waals surface area (Å²) < 4.78 is 31.2. The summed E-state index contributed by atoms with van der Waals surface area (Å²) in [7, 11) is -4.43. The van der Waals surface area contributed by atoms with E-state index in [4.69, 9.17) is 10.3 Å². The van der Waals surface area contributed by atoms with Crippen LogP contribution in [-0.2, 0) is 10.1 Å². The van der Waals surface area contributed by atoms with E-state index in [9.17, 15) is 18.3 Å². The number of benzene rings is 2. The number of Topliss-reactive ketones (excluding diaryl/α,β-unsaturated/α-hetero) is 1. The molecule has 0 aliphatic heterocycles. The molecule has 2 aromatic carbocycles. The number of rotatable bonds is 3. The van der Waals surface area contributed by atoms with Gasteiger partial charge in [0.25, 0.3) is 10.1 Å². The summed E-state index contributed by atoms with van der Waals surface area (Å²) in [6.45, 7) is 1.69. The monoisotopic (exact) mass is 295 g/mol. The van der Waals surface area contributed by atoms with E-state index in [0.717, 1.165) is 6.07 Å². The fourth-order valence-corrected chi connectivity index (χ4v) is 2.56. The van der Waals surface area contributed by atoms with Gasteiger partial charge in [0.05, 0.1) is 10.6 Å². The lowest BCUT2D eigenvalue weighted by atomic mass is 10.00. The highest BCUT2D eigenvalue weighted by Gasteiger charge is 2.17. The van der Waals surface area contributed by atoms with Crippen LogP contribution < -0.4 is 5.73 Å². The third-order valence-corrected chi connectivity index (χ3v) is 3.86. The average Bonchev–Trinajstić information content (AvgIpc) is 2.36. The molecule has 4 N–H and O–H groups in total. The van der Waals surface area contributed by atoms with Crippen molar-refractivity contribution in [3.8, 4) is 5.75 Å². The largest absolute Gasteiger partial charge is 0.507 e. The number of ketones is 1. The van der Waals surface area contributed by atoms with Crippen LogP contribution in [0, 0.1) is 0 Å². The zero-order valence-electron chi connectivity index (χ0n) is 10.6. The second-order valence-electron chi connectivity index (χ2n) is 4.32. The molecular weight excluding hydrogens is 282 g/mol. The molecule has 0 radical (unpaired) electrons. The first-order valence-corrected chi connectivity index (χ1v) is 7.25. The van der Waals surface area contributed by atoms with E-state index in [1.807, 2.05) is 0 Å². The Hall–Kier alpha value is -2.12. The Morgan fingerprint density at radius 2 is 1.95 bits per heavy atom. The number of carbonyl (C=O) groups is 1. The molecule has 7 heteroatoms. The van der Waals surface area contributed by atoms with Crippen molar-refractivity contribution in [3.63, 3.8) is 0 Å². The molecule has 0 bridgehead atoms. The maximum absolute atomic E-state index is 11.7. The summed E-state index contributed by atoms with van der Waals surface area (Å²) in [5.74, 6) is -0.582. The number of nitrogens with two attached hydrogens (primary N) is 1. The number of carbonyl (C=O) groups excluding carboxylic acids is 1. The van der Waals surface area contributed by atoms with E-state index in [2.05, 4.69) is 0 Å². The number of hydrogen-bond donors (Lipinski definition) is 3. The first-order chi connectivity index (χ1) is 9.25. The van der Waals surface area contributed by atoms with E-state index >= 15 is 0 Å². The second-order valence-corrected chi connectivity index (χ2v) is 5.74. The highest BCUT2D eigenvalue weighted by atomic mass is 32.2. The van der Waals surface area contributed by atoms with Crippen molar-refractivity contribution in [1.29, 1.82) is 0 Å². The van der Waals surface area contributed by atoms with Crippen LogP contribution in [0.15, 0.2) is 29.2 Å². The number of phenolic OH excluding ortho intramolecular Hbond substituents is 1. The lowest BCUT2D eigenvalue weighted by molar-refractivity contribution is 0.0989. The van der Waals surface area contributed by atoms with Crippen LogP contribution >= 0.6 is 0 Å². The van der Waals surface area contributed by atoms with Gasteiger partial charge in [0.2, 0.25) is 0 Å². The Morgan fingerprint density at radius 3 is 2.50 bits per heavy atom. The molecule has 0 aromatic heterocycles. The molecule has 0 heterocycles. The van der Waals surface area contributed by atoms with E-state index in [1.54, 1.807) is 6.92 Å². The number of fused-ring (bicyclic) bond motifs is 1. The minimum Gasteiger partial charge on any atom is -0.507 e. The summed E-state index contributed by atoms with van der Waals surface area (Å²) in [6.07, 6.45) is 0.263. The molecule has 0 aliphatic rings. The van der Waals surface area contributed by atoms with Gasteiger partial charge in [0.1, 0.15) is 5.75 Å². The van der Waals surface area contributed by atoms with Crippen molar-refractivity contribution in [2.75, 3.05) is 5.73 Å². The van der Waals surface area contributed by atoms with Gasteiger partial charge in [-0.25, -0.2) is 0 Å². The van der Waals surface area contributed by atoms with Gasteiger partial charge in [-0.15, -0.1) is 0 Å². The van der Waals surface area contributed by atoms with Crippen LogP contribution in [-0.4, -0.2) is 23.9 Å². The molecule has 0 saturated carbocycles. The summed E-state index contributed by atoms with van der Waals surface area (Å²) in [5, 5.41) is 10.4. The molecule has 0 aliphatic carbocycles. The fourth-order valence-electron chi connectivity index (χ4n) is 2.03. The summed E-state index contributed by atoms with van der Waals surface area (Å²) in [5.41, 5.74) is 6.23. The van der Waals surface area contributed by atoms with Crippen molar-refractivity contribution in [3.05, 3.63) is 29.8 Å². The first-order valence-electron chi connectivity index (χ1n) is 5.81. The van der Waals surface area contributed by atoms with E-state index in [0.29, 0.717) is 5.39 Å². The zero-order valence-corrected chi connectivity index (χ0v) is 11.4. The van der Waals surface area contributed by atoms with Crippen LogP contribution in [0.4, 0.5) is 5.69 Å². The van der Waals surface area contributed by atoms with Gasteiger partial charge < -0.3 is 10.8 Å². The lowest BCUT2D eigenvalue weighted by Gasteiger charge is -2.10. The van der Waals surface area contributed by atoms with Gasteiger partial charge in [-0.2, -0.15) is 8.42 Å². The van der Waals surface area contributed by atoms with E-state index in [1.165, 1.54) is 18.2 Å². The Kier molecular flexibility index (Phi) is 3.41. The Labute approximate surface area is 115 Å². The molecule has 2 rings (SSSR count). The molecule has 20 heavy (non-hydrogen) atoms. The molecule has 0 saturated heterocycles. The topological polar surface area (TPSA) is 118 Å². The van der Waals surface area contributed by atoms with Crippen molar-refractivity contribution in [2.45, 2.75) is 18.2 Å². The smallest absolute Gasteiger partial charge is 0.294 e. The third-order valence-electron chi connectivity index (χ3n) is 3.03. The fraction of sp³-hybridized carbons (Fsp3) is 0.154. The van der Waals surface area contributed by atoms with Gasteiger partial charge in [-0.3, -0.25) is 9.35 Å². The minimum absolute atomic E-state index is 0.0914. The van der Waals surface area contributed by atoms with Crippen LogP contribution in [0.3, 0.4) is 0 Å². The standard InChI is InChI=1S/C13H13NO5S/c1-2-10(15)9-4-3-7-5-8(20(17,18)19)6-11(16)12(7)13(9)14/h3-6,16H,2,14H2,1H3,(H,17,18,19). The number of anilines is 1. The van der Waals surface area contributed by atoms with E-state index in [-0.39, 0.29) is 28.8 Å². The van der Waals surface area contributed by atoms with Crippen LogP contribution in [0.1, 0.15) is 23.7 Å². The molecule has 0 amide bonds. The van der Waals surface area contributed by atoms with E-state index < -0.39 is 20.8 Å². The third kappa shape index (κ3) is 2.33. The highest BCUT2D eigenvalue weighted by molar-refractivity contribution is 7.85. The van der Waals surface area contributed by atoms with Crippen LogP contribution in [0.25, 0.3) is 10.8 Å². The first kappa shape index (κ1) is 14.3. The van der Waals surface area contributed by atoms with Gasteiger partial charge in [0, 0.05) is 23.4 Å². The maximum Gasteiger partial charge on any atom is 0.294 e. The quantitative estimate of drug-likeness (QED) is 0.452. The normalized spacial score (nSPS) is 11.7. The second kappa shape index (κ2) is 4.77. The van der Waals surface area contributed by atoms with Crippen molar-refractivity contribution in [1.82, 2.24) is 0 Å². The van der Waals surface area contributed by atoms with Gasteiger partial charge in [-0.1, -0.05) is 13.0 Å². The van der Waals surface area contributed by atoms with Crippen LogP contribution in [0.5, 0.6) is 5.75 Å². The minimum atomic E-state index is -4.43. The van der Waals surface area contributed by atoms with Gasteiger partial charge in [0.15, 0.2) is 5.78 Å². The molecule has 0 fully saturated rings. The SMILES string of the molecule is CCC(=O)c1ccc2cc(S(=O)(=O)O)cc(O)c2c1N. The molecule has 106 valence electrons. The summed E-state index contributed by atoms with van der Waals surface area (Å²) in [4.78, 5) is 11.3. The molecule has 0 atom stereocenters. The van der Waals surface area contributed by atoms with Crippen molar-refractivity contribution < 1.29 is 22.9 Å². The molecule has 0 spiro atoms. The van der Waals surface area contributed by atoms with Gasteiger partial charge >= 0.3 is 0 Å². The number of aromatic hydroxyl groups is 1. The predicted octanol–water partition coefficient (Wildman–Crippen LogP) is 1.97. The summed E-state index contributed by atoms with van der Waals surface area (Å²) in [6, 6.07) is 5.02. The Morgan fingerprint density at radius 1 is 1.30 bits per heavy atom. The Bertz CT molecular complexity index is 811. The number of nitrogen functional groups attached to an aromatic ring is 1. The molecule has 6 nitrogen and oxygen atoms in total. The predicted molar refractivity (Wildman–Crippen MR) is 74.5 cm³/mol. The molecule has 2 aromatic rings. The Balaban J connectivity index is 2.82. The molecule has 0 unspecified atom stereocenters. The zero-order chi connectivity index (χ0) is 15.1.